The molecule has 1 aromatic carbocycles. The van der Waals surface area contributed by atoms with Gasteiger partial charge >= 0.3 is 12.2 Å². The molecule has 4 heterocycles. The van der Waals surface area contributed by atoms with Crippen molar-refractivity contribution < 1.29 is 32.3 Å². The van der Waals surface area contributed by atoms with Crippen LogP contribution in [0, 0.1) is 13.8 Å². The molecule has 0 saturated carbocycles. The SMILES string of the molecule is Cc1sc2c(c1C)OC[C@H](C(F)(F)F)N(C(=O)CN1C(=O)N[C@]3(CCc4cc(-c5cnn(C)c5)ccc43)C1=O)C2. The van der Waals surface area contributed by atoms with Crippen molar-refractivity contribution in [2.75, 3.05) is 13.2 Å². The smallest absolute Gasteiger partial charge is 0.412 e. The molecule has 40 heavy (non-hydrogen) atoms. The van der Waals surface area contributed by atoms with Gasteiger partial charge in [-0.15, -0.1) is 11.3 Å². The lowest BCUT2D eigenvalue weighted by Crippen LogP contribution is -2.53. The number of thiophene rings is 1. The van der Waals surface area contributed by atoms with Gasteiger partial charge in [0, 0.05) is 29.2 Å². The zero-order chi connectivity index (χ0) is 28.6. The largest absolute Gasteiger partial charge is 0.490 e. The van der Waals surface area contributed by atoms with Gasteiger partial charge in [0.05, 0.1) is 17.6 Å². The second-order valence-corrected chi connectivity index (χ2v) is 11.7. The first-order chi connectivity index (χ1) is 18.9. The highest BCUT2D eigenvalue weighted by molar-refractivity contribution is 7.12. The first-order valence-corrected chi connectivity index (χ1v) is 13.5. The summed E-state index contributed by atoms with van der Waals surface area (Å²) in [6.45, 7) is 1.69. The van der Waals surface area contributed by atoms with Crippen LogP contribution in [0.3, 0.4) is 0 Å². The Labute approximate surface area is 231 Å². The lowest BCUT2D eigenvalue weighted by molar-refractivity contribution is -0.195. The molecule has 0 unspecified atom stereocenters. The molecule has 1 saturated heterocycles. The maximum absolute atomic E-state index is 14.0. The van der Waals surface area contributed by atoms with Crippen molar-refractivity contribution >= 4 is 29.2 Å². The number of aryl methyl sites for hydroxylation is 3. The Kier molecular flexibility index (Phi) is 5.98. The van der Waals surface area contributed by atoms with Crippen molar-refractivity contribution in [1.29, 1.82) is 0 Å². The molecular formula is C27H26F3N5O4S. The molecule has 0 bridgehead atoms. The summed E-state index contributed by atoms with van der Waals surface area (Å²) in [7, 11) is 1.81. The van der Waals surface area contributed by atoms with E-state index in [9.17, 15) is 27.6 Å². The zero-order valence-corrected chi connectivity index (χ0v) is 22.8. The van der Waals surface area contributed by atoms with Gasteiger partial charge in [0.2, 0.25) is 5.91 Å². The topological polar surface area (TPSA) is 96.8 Å². The van der Waals surface area contributed by atoms with E-state index in [2.05, 4.69) is 10.4 Å². The Balaban J connectivity index is 1.26. The number of benzene rings is 1. The standard InChI is InChI=1S/C27H26F3N5O4S/c1-14-15(2)40-20-11-34(21(27(28,29)30)13-39-23(14)20)22(36)12-35-24(37)26(32-25(35)38)7-6-17-8-16(4-5-19(17)26)18-9-31-33(3)10-18/h4-5,8-10,21H,6-7,11-13H2,1-3H3,(H,32,38)/t21-,26+/m1/s1. The van der Waals surface area contributed by atoms with E-state index in [1.165, 1.54) is 11.3 Å². The van der Waals surface area contributed by atoms with E-state index < -0.39 is 48.8 Å². The van der Waals surface area contributed by atoms with E-state index in [0.717, 1.165) is 32.0 Å². The maximum Gasteiger partial charge on any atom is 0.412 e. The van der Waals surface area contributed by atoms with E-state index in [-0.39, 0.29) is 13.0 Å². The number of carbonyl (C=O) groups excluding carboxylic acids is 3. The van der Waals surface area contributed by atoms with Gasteiger partial charge in [-0.05, 0) is 43.4 Å². The third kappa shape index (κ3) is 4.05. The molecule has 210 valence electrons. The van der Waals surface area contributed by atoms with Crippen molar-refractivity contribution in [2.45, 2.75) is 51.0 Å². The van der Waals surface area contributed by atoms with Crippen LogP contribution in [0.15, 0.2) is 30.6 Å². The second-order valence-electron chi connectivity index (χ2n) is 10.4. The maximum atomic E-state index is 14.0. The van der Waals surface area contributed by atoms with Gasteiger partial charge in [-0.2, -0.15) is 18.3 Å². The Morgan fingerprint density at radius 3 is 2.73 bits per heavy atom. The molecular weight excluding hydrogens is 547 g/mol. The molecule has 4 amide bonds. The minimum Gasteiger partial charge on any atom is -0.490 e. The number of imide groups is 1. The summed E-state index contributed by atoms with van der Waals surface area (Å²) in [5, 5.41) is 6.93. The fourth-order valence-electron chi connectivity index (χ4n) is 5.79. The number of aromatic nitrogens is 2. The van der Waals surface area contributed by atoms with Gasteiger partial charge in [0.1, 0.15) is 24.4 Å². The average molecular weight is 574 g/mol. The summed E-state index contributed by atoms with van der Waals surface area (Å²) in [5.74, 6) is -1.26. The molecule has 13 heteroatoms. The van der Waals surface area contributed by atoms with E-state index >= 15 is 0 Å². The molecule has 1 spiro atoms. The third-order valence-corrected chi connectivity index (χ3v) is 9.19. The van der Waals surface area contributed by atoms with Gasteiger partial charge in [-0.3, -0.25) is 19.2 Å². The summed E-state index contributed by atoms with van der Waals surface area (Å²) in [6, 6.07) is 2.54. The Hall–Kier alpha value is -3.87. The molecule has 1 N–H and O–H groups in total. The first-order valence-electron chi connectivity index (χ1n) is 12.7. The third-order valence-electron chi connectivity index (χ3n) is 8.01. The van der Waals surface area contributed by atoms with Crippen molar-refractivity contribution in [3.63, 3.8) is 0 Å². The van der Waals surface area contributed by atoms with E-state index in [4.69, 9.17) is 4.74 Å². The van der Waals surface area contributed by atoms with Crippen LogP contribution in [0.5, 0.6) is 5.75 Å². The van der Waals surface area contributed by atoms with Crippen LogP contribution in [0.4, 0.5) is 18.0 Å². The summed E-state index contributed by atoms with van der Waals surface area (Å²) in [6.07, 6.45) is -0.370. The Morgan fingerprint density at radius 1 is 1.25 bits per heavy atom. The molecule has 1 fully saturated rings. The van der Waals surface area contributed by atoms with E-state index in [1.54, 1.807) is 23.9 Å². The number of alkyl halides is 3. The lowest BCUT2D eigenvalue weighted by Gasteiger charge is -2.31. The monoisotopic (exact) mass is 573 g/mol. The molecule has 3 aliphatic rings. The number of amides is 4. The Morgan fingerprint density at radius 2 is 2.02 bits per heavy atom. The van der Waals surface area contributed by atoms with Crippen LogP contribution in [-0.2, 0) is 35.1 Å². The predicted molar refractivity (Wildman–Crippen MR) is 139 cm³/mol. The van der Waals surface area contributed by atoms with Crippen LogP contribution in [0.25, 0.3) is 11.1 Å². The summed E-state index contributed by atoms with van der Waals surface area (Å²) in [5.41, 5.74) is 2.69. The van der Waals surface area contributed by atoms with Crippen LogP contribution in [0.2, 0.25) is 0 Å². The molecule has 2 aliphatic heterocycles. The number of ether oxygens (including phenoxy) is 1. The quantitative estimate of drug-likeness (QED) is 0.481. The number of nitrogens with zero attached hydrogens (tertiary/aromatic N) is 4. The minimum absolute atomic E-state index is 0.286. The second kappa shape index (κ2) is 9.08. The summed E-state index contributed by atoms with van der Waals surface area (Å²) in [4.78, 5) is 42.9. The fourth-order valence-corrected chi connectivity index (χ4v) is 6.91. The fraction of sp³-hybridized carbons (Fsp3) is 0.407. The van der Waals surface area contributed by atoms with E-state index in [0.29, 0.717) is 27.5 Å². The number of urea groups is 1. The van der Waals surface area contributed by atoms with E-state index in [1.807, 2.05) is 32.3 Å². The highest BCUT2D eigenvalue weighted by atomic mass is 32.1. The summed E-state index contributed by atoms with van der Waals surface area (Å²) >= 11 is 1.26. The van der Waals surface area contributed by atoms with Gasteiger partial charge in [0.15, 0.2) is 6.04 Å². The number of fused-ring (bicyclic) bond motifs is 3. The first kappa shape index (κ1) is 26.4. The van der Waals surface area contributed by atoms with Crippen LogP contribution in [0.1, 0.15) is 32.9 Å². The van der Waals surface area contributed by atoms with Crippen molar-refractivity contribution in [3.05, 3.63) is 57.0 Å². The Bertz CT molecular complexity index is 1560. The molecule has 2 aromatic heterocycles. The summed E-state index contributed by atoms with van der Waals surface area (Å²) < 4.78 is 49.3. The normalized spacial score (nSPS) is 22.3. The molecule has 0 radical (unpaired) electrons. The van der Waals surface area contributed by atoms with Gasteiger partial charge in [-0.25, -0.2) is 4.79 Å². The molecule has 6 rings (SSSR count). The highest BCUT2D eigenvalue weighted by Crippen LogP contribution is 2.43. The molecule has 9 nitrogen and oxygen atoms in total. The number of hydrogen-bond acceptors (Lipinski definition) is 6. The molecule has 1 aliphatic carbocycles. The minimum atomic E-state index is -4.76. The van der Waals surface area contributed by atoms with Gasteiger partial charge in [-0.1, -0.05) is 18.2 Å². The number of carbonyl (C=O) groups is 3. The average Bonchev–Trinajstić information content (AvgIpc) is 3.58. The van der Waals surface area contributed by atoms with Crippen molar-refractivity contribution in [1.82, 2.24) is 24.9 Å². The molecule has 3 aromatic rings. The highest BCUT2D eigenvalue weighted by Gasteiger charge is 2.56. The number of hydrogen-bond donors (Lipinski definition) is 1. The zero-order valence-electron chi connectivity index (χ0n) is 22.0. The van der Waals surface area contributed by atoms with Gasteiger partial charge in [0.25, 0.3) is 5.91 Å². The van der Waals surface area contributed by atoms with Crippen molar-refractivity contribution in [3.8, 4) is 16.9 Å². The van der Waals surface area contributed by atoms with Crippen LogP contribution < -0.4 is 10.1 Å². The van der Waals surface area contributed by atoms with Crippen LogP contribution in [-0.4, -0.2) is 62.8 Å². The number of rotatable bonds is 3. The number of halogens is 3. The lowest BCUT2D eigenvalue weighted by atomic mass is 9.90. The molecule has 2 atom stereocenters. The van der Waals surface area contributed by atoms with Crippen LogP contribution >= 0.6 is 11.3 Å². The van der Waals surface area contributed by atoms with Crippen molar-refractivity contribution in [2.24, 2.45) is 7.05 Å². The number of nitrogens with one attached hydrogen (secondary N) is 1. The van der Waals surface area contributed by atoms with Gasteiger partial charge < -0.3 is 15.0 Å². The predicted octanol–water partition coefficient (Wildman–Crippen LogP) is 3.81.